The number of pyridine rings is 1. The molecule has 1 fully saturated rings. The molecule has 1 atom stereocenters. The Bertz CT molecular complexity index is 541. The fraction of sp³-hybridized carbons (Fsp3) is 0.455. The molecule has 3 rings (SSSR count). The van der Waals surface area contributed by atoms with Gasteiger partial charge in [-0.3, -0.25) is 0 Å². The van der Waals surface area contributed by atoms with Gasteiger partial charge in [0, 0.05) is 0 Å². The monoisotopic (exact) mass is 217 g/mol. The van der Waals surface area contributed by atoms with E-state index < -0.39 is 0 Å². The number of hydrogen-bond acceptors (Lipinski definition) is 4. The average Bonchev–Trinajstić information content (AvgIpc) is 3.03. The first-order valence-corrected chi connectivity index (χ1v) is 5.55. The van der Waals surface area contributed by atoms with E-state index >= 15 is 0 Å². The first kappa shape index (κ1) is 9.45. The van der Waals surface area contributed by atoms with Gasteiger partial charge in [-0.05, 0) is 25.7 Å². The molecule has 0 radical (unpaired) electrons. The molecule has 0 aromatic carbocycles. The van der Waals surface area contributed by atoms with Crippen molar-refractivity contribution < 1.29 is 0 Å². The molecule has 0 bridgehead atoms. The Morgan fingerprint density at radius 1 is 1.38 bits per heavy atom. The molecule has 0 saturated heterocycles. The Hall–Kier alpha value is -1.78. The summed E-state index contributed by atoms with van der Waals surface area (Å²) in [7, 11) is 0. The highest BCUT2D eigenvalue weighted by Gasteiger charge is 2.30. The van der Waals surface area contributed by atoms with Crippen LogP contribution in [0.1, 0.15) is 25.8 Å². The maximum atomic E-state index is 5.91. The molecule has 0 aliphatic heterocycles. The summed E-state index contributed by atoms with van der Waals surface area (Å²) in [6, 6.07) is 0.396. The van der Waals surface area contributed by atoms with E-state index in [1.54, 1.807) is 12.4 Å². The molecular weight excluding hydrogens is 202 g/mol. The van der Waals surface area contributed by atoms with Gasteiger partial charge in [0.2, 0.25) is 0 Å². The lowest BCUT2D eigenvalue weighted by molar-refractivity contribution is 0.451. The fourth-order valence-corrected chi connectivity index (χ4v) is 2.11. The van der Waals surface area contributed by atoms with Gasteiger partial charge in [0.05, 0.1) is 35.2 Å². The van der Waals surface area contributed by atoms with Crippen LogP contribution in [0.5, 0.6) is 0 Å². The Morgan fingerprint density at radius 2 is 2.12 bits per heavy atom. The van der Waals surface area contributed by atoms with E-state index in [4.69, 9.17) is 11.5 Å². The summed E-state index contributed by atoms with van der Waals surface area (Å²) in [4.78, 5) is 4.33. The molecule has 16 heavy (non-hydrogen) atoms. The van der Waals surface area contributed by atoms with E-state index in [-0.39, 0.29) is 0 Å². The van der Waals surface area contributed by atoms with Crippen LogP contribution in [0.25, 0.3) is 11.0 Å². The van der Waals surface area contributed by atoms with Crippen molar-refractivity contribution in [3.05, 3.63) is 12.4 Å². The molecule has 0 amide bonds. The minimum Gasteiger partial charge on any atom is -0.396 e. The maximum absolute atomic E-state index is 5.91. The van der Waals surface area contributed by atoms with Gasteiger partial charge in [-0.1, -0.05) is 0 Å². The van der Waals surface area contributed by atoms with Gasteiger partial charge in [-0.2, -0.15) is 5.10 Å². The number of anilines is 2. The van der Waals surface area contributed by atoms with E-state index in [1.165, 1.54) is 12.8 Å². The van der Waals surface area contributed by atoms with Crippen LogP contribution in [-0.2, 0) is 0 Å². The topological polar surface area (TPSA) is 82.8 Å². The number of nitrogens with zero attached hydrogens (tertiary/aromatic N) is 3. The van der Waals surface area contributed by atoms with Gasteiger partial charge in [0.15, 0.2) is 5.65 Å². The summed E-state index contributed by atoms with van der Waals surface area (Å²) < 4.78 is 1.96. The van der Waals surface area contributed by atoms with Gasteiger partial charge >= 0.3 is 0 Å². The Balaban J connectivity index is 2.16. The van der Waals surface area contributed by atoms with E-state index in [1.807, 2.05) is 4.68 Å². The van der Waals surface area contributed by atoms with Gasteiger partial charge in [0.25, 0.3) is 0 Å². The number of hydrogen-bond donors (Lipinski definition) is 2. The molecule has 0 unspecified atom stereocenters. The zero-order chi connectivity index (χ0) is 11.3. The second-order valence-electron chi connectivity index (χ2n) is 4.53. The molecule has 1 aliphatic rings. The third-order valence-electron chi connectivity index (χ3n) is 3.39. The minimum atomic E-state index is 0.396. The summed E-state index contributed by atoms with van der Waals surface area (Å²) in [6.07, 6.45) is 5.93. The Morgan fingerprint density at radius 3 is 2.81 bits per heavy atom. The maximum Gasteiger partial charge on any atom is 0.160 e. The van der Waals surface area contributed by atoms with Gasteiger partial charge in [0.1, 0.15) is 0 Å². The van der Waals surface area contributed by atoms with Crippen molar-refractivity contribution in [2.75, 3.05) is 11.5 Å². The number of aromatic nitrogens is 3. The second-order valence-corrected chi connectivity index (χ2v) is 4.53. The highest BCUT2D eigenvalue weighted by molar-refractivity contribution is 5.93. The van der Waals surface area contributed by atoms with Crippen molar-refractivity contribution in [1.29, 1.82) is 0 Å². The summed E-state index contributed by atoms with van der Waals surface area (Å²) in [5, 5.41) is 5.23. The van der Waals surface area contributed by atoms with Crippen LogP contribution in [-0.4, -0.2) is 14.8 Å². The number of nitrogen functional groups attached to an aromatic ring is 2. The minimum absolute atomic E-state index is 0.396. The highest BCUT2D eigenvalue weighted by atomic mass is 15.3. The summed E-state index contributed by atoms with van der Waals surface area (Å²) in [5.41, 5.74) is 13.6. The number of rotatable bonds is 2. The molecule has 1 saturated carbocycles. The fourth-order valence-electron chi connectivity index (χ4n) is 2.11. The molecule has 5 heteroatoms. The van der Waals surface area contributed by atoms with E-state index in [0.717, 1.165) is 17.0 Å². The molecule has 0 spiro atoms. The first-order chi connectivity index (χ1) is 7.68. The first-order valence-electron chi connectivity index (χ1n) is 5.55. The lowest BCUT2D eigenvalue weighted by Gasteiger charge is -2.11. The molecule has 5 nitrogen and oxygen atoms in total. The highest BCUT2D eigenvalue weighted by Crippen LogP contribution is 2.40. The molecular formula is C11H15N5. The van der Waals surface area contributed by atoms with Gasteiger partial charge in [-0.25, -0.2) is 9.67 Å². The normalized spacial score (nSPS) is 17.8. The Kier molecular flexibility index (Phi) is 1.83. The third kappa shape index (κ3) is 1.24. The van der Waals surface area contributed by atoms with Crippen molar-refractivity contribution >= 4 is 22.4 Å². The van der Waals surface area contributed by atoms with Crippen LogP contribution in [0.15, 0.2) is 12.4 Å². The third-order valence-corrected chi connectivity index (χ3v) is 3.39. The summed E-state index contributed by atoms with van der Waals surface area (Å²) >= 11 is 0. The largest absolute Gasteiger partial charge is 0.396 e. The lowest BCUT2D eigenvalue weighted by atomic mass is 10.2. The number of nitrogens with two attached hydrogens (primary N) is 2. The van der Waals surface area contributed by atoms with Crippen LogP contribution in [0, 0.1) is 5.92 Å². The van der Waals surface area contributed by atoms with E-state index in [0.29, 0.717) is 17.4 Å². The number of fused-ring (bicyclic) bond motifs is 1. The zero-order valence-electron chi connectivity index (χ0n) is 9.22. The van der Waals surface area contributed by atoms with Crippen LogP contribution < -0.4 is 11.5 Å². The van der Waals surface area contributed by atoms with Crippen molar-refractivity contribution in [2.24, 2.45) is 5.92 Å². The van der Waals surface area contributed by atoms with Gasteiger partial charge in [-0.15, -0.1) is 0 Å². The van der Waals surface area contributed by atoms with Crippen molar-refractivity contribution in [3.63, 3.8) is 0 Å². The van der Waals surface area contributed by atoms with Gasteiger partial charge < -0.3 is 11.5 Å². The molecule has 1 aliphatic carbocycles. The quantitative estimate of drug-likeness (QED) is 0.799. The van der Waals surface area contributed by atoms with Crippen LogP contribution in [0.4, 0.5) is 11.4 Å². The predicted octanol–water partition coefficient (Wildman–Crippen LogP) is 1.57. The molecule has 2 aromatic heterocycles. The summed E-state index contributed by atoms with van der Waals surface area (Å²) in [6.45, 7) is 2.18. The molecule has 84 valence electrons. The lowest BCUT2D eigenvalue weighted by Crippen LogP contribution is -2.09. The summed E-state index contributed by atoms with van der Waals surface area (Å²) in [5.74, 6) is 0.740. The van der Waals surface area contributed by atoms with Crippen LogP contribution in [0.2, 0.25) is 0 Å². The van der Waals surface area contributed by atoms with Crippen LogP contribution in [0.3, 0.4) is 0 Å². The van der Waals surface area contributed by atoms with Crippen molar-refractivity contribution in [3.8, 4) is 0 Å². The molecule has 2 heterocycles. The smallest absolute Gasteiger partial charge is 0.160 e. The molecule has 2 aromatic rings. The Labute approximate surface area is 93.4 Å². The van der Waals surface area contributed by atoms with Crippen molar-refractivity contribution in [2.45, 2.75) is 25.8 Å². The van der Waals surface area contributed by atoms with E-state index in [2.05, 4.69) is 17.0 Å². The van der Waals surface area contributed by atoms with Crippen LogP contribution >= 0.6 is 0 Å². The standard InChI is InChI=1S/C11H15N5/c1-6(7-2-3-7)16-11-8(4-15-16)10(13)9(12)5-14-11/h4-7H,2-3,12H2,1H3,(H2,13,14)/t6-/m1/s1. The van der Waals surface area contributed by atoms with E-state index in [9.17, 15) is 0 Å². The SMILES string of the molecule is C[C@H](C1CC1)n1ncc2c(N)c(N)cnc21. The predicted molar refractivity (Wildman–Crippen MR) is 63.8 cm³/mol. The average molecular weight is 217 g/mol. The van der Waals surface area contributed by atoms with Crippen molar-refractivity contribution in [1.82, 2.24) is 14.8 Å². The zero-order valence-corrected chi connectivity index (χ0v) is 9.22. The second kappa shape index (κ2) is 3.10. The molecule has 4 N–H and O–H groups in total.